The van der Waals surface area contributed by atoms with Crippen molar-refractivity contribution in [3.63, 3.8) is 0 Å². The molecule has 4 amide bonds. The van der Waals surface area contributed by atoms with Crippen molar-refractivity contribution in [3.8, 4) is 22.5 Å². The fraction of sp³-hybridized carbons (Fsp3) is 0.517. The molecule has 5 aromatic rings. The third-order valence-corrected chi connectivity index (χ3v) is 15.1. The largest absolute Gasteiger partial charge is 0.453 e. The Morgan fingerprint density at radius 3 is 1.37 bits per heavy atom. The third-order valence-electron chi connectivity index (χ3n) is 15.1. The standard InChI is InChI=1S/C58H77N9O8/c1-12-74-50-48(38-22-18-36(19-23-38)42-32-59-52(61-42)44-16-14-30-65(44)54(68)46(34(3)4)63-56(70)72-10)67(41-28-26-40(27-29-41)58(7,8)9)49(51(50)75-13-2)39-24-20-37(21-25-39)43-33-60-53(62-43)45-17-15-31-66(45)55(69)47(35(5)6)64-57(71)73-11/h18-29,32-35,44-51H,12-17,30-31H2,1-11H3,(H,59,61)(H,60,62)(H,63,70)(H,64,71)/t44-,45-,46-,47-,48-,49-,50+,51+/m0/s1. The summed E-state index contributed by atoms with van der Waals surface area (Å²) in [5, 5.41) is 5.47. The van der Waals surface area contributed by atoms with E-state index in [1.165, 1.54) is 19.8 Å². The number of likely N-dealkylation sites (tertiary alicyclic amines) is 2. The molecule has 17 nitrogen and oxygen atoms in total. The number of ether oxygens (including phenoxy) is 4. The second-order valence-corrected chi connectivity index (χ2v) is 21.6. The van der Waals surface area contributed by atoms with E-state index in [0.29, 0.717) is 38.0 Å². The van der Waals surface area contributed by atoms with Gasteiger partial charge in [-0.1, -0.05) is 109 Å². The number of imidazole rings is 2. The third kappa shape index (κ3) is 11.6. The van der Waals surface area contributed by atoms with Gasteiger partial charge in [0.15, 0.2) is 0 Å². The van der Waals surface area contributed by atoms with Gasteiger partial charge in [0.1, 0.15) is 35.9 Å². The molecule has 402 valence electrons. The molecule has 3 fully saturated rings. The average molecular weight is 1030 g/mol. The number of rotatable bonds is 17. The van der Waals surface area contributed by atoms with Crippen LogP contribution in [0.5, 0.6) is 0 Å². The molecule has 0 aliphatic carbocycles. The van der Waals surface area contributed by atoms with Gasteiger partial charge in [0.25, 0.3) is 0 Å². The van der Waals surface area contributed by atoms with E-state index in [9.17, 15) is 19.2 Å². The zero-order chi connectivity index (χ0) is 53.7. The van der Waals surface area contributed by atoms with Gasteiger partial charge in [-0.15, -0.1) is 0 Å². The van der Waals surface area contributed by atoms with Crippen LogP contribution in [0.2, 0.25) is 0 Å². The molecule has 0 bridgehead atoms. The van der Waals surface area contributed by atoms with Crippen LogP contribution in [0.1, 0.15) is 141 Å². The smallest absolute Gasteiger partial charge is 0.407 e. The molecule has 0 saturated carbocycles. The van der Waals surface area contributed by atoms with Crippen molar-refractivity contribution in [2.75, 3.05) is 45.4 Å². The Morgan fingerprint density at radius 1 is 0.627 bits per heavy atom. The Labute approximate surface area is 441 Å². The first-order chi connectivity index (χ1) is 36.0. The van der Waals surface area contributed by atoms with Crippen LogP contribution in [0.4, 0.5) is 15.3 Å². The van der Waals surface area contributed by atoms with Crippen LogP contribution in [-0.4, -0.2) is 119 Å². The van der Waals surface area contributed by atoms with E-state index in [2.05, 4.69) is 119 Å². The van der Waals surface area contributed by atoms with E-state index in [0.717, 1.165) is 65.0 Å². The lowest BCUT2D eigenvalue weighted by Gasteiger charge is -2.34. The Bertz CT molecular complexity index is 2570. The number of H-pyrrole nitrogens is 2. The second-order valence-electron chi connectivity index (χ2n) is 21.6. The first-order valence-electron chi connectivity index (χ1n) is 26.7. The highest BCUT2D eigenvalue weighted by Crippen LogP contribution is 2.50. The van der Waals surface area contributed by atoms with Crippen molar-refractivity contribution in [2.24, 2.45) is 11.8 Å². The van der Waals surface area contributed by atoms with Gasteiger partial charge >= 0.3 is 12.2 Å². The maximum absolute atomic E-state index is 13.9. The summed E-state index contributed by atoms with van der Waals surface area (Å²) in [6.07, 6.45) is 4.86. The maximum Gasteiger partial charge on any atom is 0.407 e. The van der Waals surface area contributed by atoms with Crippen LogP contribution >= 0.6 is 0 Å². The number of carbonyl (C=O) groups is 4. The molecule has 17 heteroatoms. The number of benzene rings is 3. The van der Waals surface area contributed by atoms with Gasteiger partial charge in [0.2, 0.25) is 11.8 Å². The monoisotopic (exact) mass is 1030 g/mol. The number of nitrogens with one attached hydrogen (secondary N) is 4. The summed E-state index contributed by atoms with van der Waals surface area (Å²) < 4.78 is 23.2. The molecule has 75 heavy (non-hydrogen) atoms. The molecule has 0 unspecified atom stereocenters. The lowest BCUT2D eigenvalue weighted by atomic mass is 9.87. The number of carbonyl (C=O) groups excluding carboxylic acids is 4. The molecule has 0 spiro atoms. The predicted molar refractivity (Wildman–Crippen MR) is 288 cm³/mol. The summed E-state index contributed by atoms with van der Waals surface area (Å²) in [5.41, 5.74) is 7.94. The van der Waals surface area contributed by atoms with Crippen molar-refractivity contribution in [1.82, 2.24) is 40.4 Å². The SMILES string of the molecule is CCO[C@H]1[C@H](OCC)[C@H](c2ccc(-c3cnc([C@@H]4CCCN4C(=O)[C@@H](NC(=O)OC)C(C)C)[nH]3)cc2)N(c2ccc(C(C)(C)C)cc2)[C@H]1c1ccc(-c2cnc([C@@H]3CCCN3C(=O)[C@@H](NC(=O)OC)C(C)C)[nH]2)cc1. The molecular formula is C58H77N9O8. The van der Waals surface area contributed by atoms with E-state index in [1.54, 1.807) is 0 Å². The highest BCUT2D eigenvalue weighted by Gasteiger charge is 2.52. The molecule has 3 aliphatic rings. The molecule has 5 heterocycles. The van der Waals surface area contributed by atoms with Crippen LogP contribution in [-0.2, 0) is 34.0 Å². The zero-order valence-electron chi connectivity index (χ0n) is 45.5. The number of hydrogen-bond acceptors (Lipinski definition) is 11. The molecular weight excluding hydrogens is 951 g/mol. The Balaban J connectivity index is 1.09. The lowest BCUT2D eigenvalue weighted by Crippen LogP contribution is -2.51. The first-order valence-corrected chi connectivity index (χ1v) is 26.7. The van der Waals surface area contributed by atoms with Gasteiger partial charge in [-0.25, -0.2) is 19.6 Å². The van der Waals surface area contributed by atoms with E-state index in [4.69, 9.17) is 28.9 Å². The van der Waals surface area contributed by atoms with E-state index >= 15 is 0 Å². The van der Waals surface area contributed by atoms with E-state index in [1.807, 2.05) is 63.7 Å². The van der Waals surface area contributed by atoms with Crippen LogP contribution in [0, 0.1) is 11.8 Å². The Hall–Kier alpha value is -6.72. The number of alkyl carbamates (subject to hydrolysis) is 2. The predicted octanol–water partition coefficient (Wildman–Crippen LogP) is 9.97. The summed E-state index contributed by atoms with van der Waals surface area (Å²) >= 11 is 0. The number of anilines is 1. The first kappa shape index (κ1) is 54.5. The van der Waals surface area contributed by atoms with Crippen molar-refractivity contribution in [1.29, 1.82) is 0 Å². The number of hydrogen-bond donors (Lipinski definition) is 4. The summed E-state index contributed by atoms with van der Waals surface area (Å²) in [4.78, 5) is 74.9. The van der Waals surface area contributed by atoms with Gasteiger partial charge in [-0.3, -0.25) is 9.59 Å². The minimum absolute atomic E-state index is 0.0393. The molecule has 0 radical (unpaired) electrons. The number of methoxy groups -OCH3 is 2. The fourth-order valence-corrected chi connectivity index (χ4v) is 11.2. The lowest BCUT2D eigenvalue weighted by molar-refractivity contribution is -0.136. The van der Waals surface area contributed by atoms with Gasteiger partial charge < -0.3 is 54.2 Å². The normalized spacial score (nSPS) is 21.7. The minimum atomic E-state index is -0.720. The van der Waals surface area contributed by atoms with Gasteiger partial charge in [0, 0.05) is 32.0 Å². The van der Waals surface area contributed by atoms with Gasteiger partial charge in [-0.05, 0) is 96.7 Å². The maximum atomic E-state index is 13.9. The molecule has 2 aromatic heterocycles. The van der Waals surface area contributed by atoms with E-state index in [-0.39, 0.29) is 65.4 Å². The molecule has 3 aliphatic heterocycles. The number of amides is 4. The second kappa shape index (κ2) is 23.4. The topological polar surface area (TPSA) is 196 Å². The highest BCUT2D eigenvalue weighted by atomic mass is 16.5. The molecule has 3 saturated heterocycles. The molecule has 8 rings (SSSR count). The minimum Gasteiger partial charge on any atom is -0.453 e. The number of aromatic amines is 2. The summed E-state index contributed by atoms with van der Waals surface area (Å²) in [6, 6.07) is 23.6. The average Bonchev–Trinajstić information content (AvgIpc) is 4.28. The molecule has 3 aromatic carbocycles. The van der Waals surface area contributed by atoms with Gasteiger partial charge in [0.05, 0.1) is 62.2 Å². The molecule has 4 N–H and O–H groups in total. The number of aromatic nitrogens is 4. The van der Waals surface area contributed by atoms with Crippen LogP contribution < -0.4 is 15.5 Å². The summed E-state index contributed by atoms with van der Waals surface area (Å²) in [7, 11) is 2.59. The fourth-order valence-electron chi connectivity index (χ4n) is 11.2. The Morgan fingerprint density at radius 2 is 1.03 bits per heavy atom. The van der Waals surface area contributed by atoms with Crippen molar-refractivity contribution < 1.29 is 38.1 Å². The van der Waals surface area contributed by atoms with Crippen LogP contribution in [0.25, 0.3) is 22.5 Å². The van der Waals surface area contributed by atoms with E-state index < -0.39 is 24.3 Å². The Kier molecular flexibility index (Phi) is 17.0. The number of nitrogens with zero attached hydrogens (tertiary/aromatic N) is 5. The zero-order valence-corrected chi connectivity index (χ0v) is 45.5. The van der Waals surface area contributed by atoms with Gasteiger partial charge in [-0.2, -0.15) is 0 Å². The quantitative estimate of drug-likeness (QED) is 0.0692. The van der Waals surface area contributed by atoms with Crippen molar-refractivity contribution in [2.45, 2.75) is 142 Å². The van der Waals surface area contributed by atoms with Crippen molar-refractivity contribution in [3.05, 3.63) is 114 Å². The summed E-state index contributed by atoms with van der Waals surface area (Å²) in [6.45, 7) is 20.5. The highest BCUT2D eigenvalue weighted by molar-refractivity contribution is 5.87. The summed E-state index contributed by atoms with van der Waals surface area (Å²) in [5.74, 6) is 0.840. The van der Waals surface area contributed by atoms with Crippen LogP contribution in [0.15, 0.2) is 85.2 Å². The van der Waals surface area contributed by atoms with Crippen LogP contribution in [0.3, 0.4) is 0 Å². The van der Waals surface area contributed by atoms with Crippen molar-refractivity contribution >= 4 is 29.7 Å². The molecule has 8 atom stereocenters.